The maximum atomic E-state index is 12.6. The van der Waals surface area contributed by atoms with Crippen LogP contribution in [-0.2, 0) is 4.79 Å². The van der Waals surface area contributed by atoms with Gasteiger partial charge in [0.2, 0.25) is 5.91 Å². The number of amides is 1. The number of pyridine rings is 1. The number of anilines is 1. The van der Waals surface area contributed by atoms with Gasteiger partial charge in [0.15, 0.2) is 0 Å². The van der Waals surface area contributed by atoms with Gasteiger partial charge in [0.05, 0.1) is 10.3 Å². The van der Waals surface area contributed by atoms with E-state index in [4.69, 9.17) is 0 Å². The molecule has 0 atom stereocenters. The van der Waals surface area contributed by atoms with E-state index >= 15 is 0 Å². The molecule has 1 aromatic carbocycles. The van der Waals surface area contributed by atoms with Crippen LogP contribution in [0.25, 0.3) is 10.8 Å². The molecule has 0 radical (unpaired) electrons. The molecule has 7 heteroatoms. The Morgan fingerprint density at radius 3 is 2.57 bits per heavy atom. The van der Waals surface area contributed by atoms with Crippen LogP contribution < -0.4 is 4.90 Å². The Kier molecular flexibility index (Phi) is 5.41. The fraction of sp³-hybridized carbons (Fsp3) is 0.524. The molecule has 7 nitrogen and oxygen atoms in total. The van der Waals surface area contributed by atoms with Gasteiger partial charge in [0.1, 0.15) is 0 Å². The number of carbonyl (C=O) groups excluding carboxylic acids is 1. The quantitative estimate of drug-likeness (QED) is 0.581. The molecule has 0 bridgehead atoms. The number of benzene rings is 1. The molecule has 1 aromatic heterocycles. The smallest absolute Gasteiger partial charge is 0.278 e. The van der Waals surface area contributed by atoms with Gasteiger partial charge in [-0.15, -0.1) is 0 Å². The Bertz CT molecular complexity index is 871. The van der Waals surface area contributed by atoms with Crippen LogP contribution in [0.3, 0.4) is 0 Å². The van der Waals surface area contributed by atoms with Gasteiger partial charge < -0.3 is 9.80 Å². The summed E-state index contributed by atoms with van der Waals surface area (Å²) >= 11 is 0. The molecule has 2 fully saturated rings. The van der Waals surface area contributed by atoms with Crippen LogP contribution in [0.4, 0.5) is 11.4 Å². The first kappa shape index (κ1) is 18.7. The van der Waals surface area contributed by atoms with Gasteiger partial charge in [-0.3, -0.25) is 19.9 Å². The first-order chi connectivity index (χ1) is 13.6. The number of nitro groups is 1. The van der Waals surface area contributed by atoms with Gasteiger partial charge in [-0.25, -0.2) is 0 Å². The predicted octanol–water partition coefficient (Wildman–Crippen LogP) is 3.76. The van der Waals surface area contributed by atoms with Gasteiger partial charge in [-0.1, -0.05) is 25.7 Å². The van der Waals surface area contributed by atoms with Crippen LogP contribution >= 0.6 is 0 Å². The third-order valence-corrected chi connectivity index (χ3v) is 6.18. The van der Waals surface area contributed by atoms with Crippen molar-refractivity contribution >= 4 is 28.1 Å². The highest BCUT2D eigenvalue weighted by Crippen LogP contribution is 2.33. The Labute approximate surface area is 164 Å². The molecule has 1 aliphatic carbocycles. The lowest BCUT2D eigenvalue weighted by Crippen LogP contribution is -2.48. The van der Waals surface area contributed by atoms with Crippen molar-refractivity contribution in [1.29, 1.82) is 0 Å². The molecule has 28 heavy (non-hydrogen) atoms. The topological polar surface area (TPSA) is 79.6 Å². The highest BCUT2D eigenvalue weighted by atomic mass is 16.6. The largest absolute Gasteiger partial charge is 0.367 e. The normalized spacial score (nSPS) is 18.0. The highest BCUT2D eigenvalue weighted by molar-refractivity contribution is 5.99. The molecule has 0 N–H and O–H groups in total. The van der Waals surface area contributed by atoms with E-state index in [-0.39, 0.29) is 16.5 Å². The SMILES string of the molecule is O=C(CCC1CCCC1)N1CCN(c2ccc([N+](=O)[O-])c3cnccc23)CC1. The molecule has 1 aliphatic heterocycles. The predicted molar refractivity (Wildman–Crippen MR) is 108 cm³/mol. The zero-order chi connectivity index (χ0) is 19.5. The summed E-state index contributed by atoms with van der Waals surface area (Å²) in [6.45, 7) is 2.88. The minimum absolute atomic E-state index is 0.0765. The Balaban J connectivity index is 1.42. The lowest BCUT2D eigenvalue weighted by atomic mass is 10.0. The number of hydrogen-bond donors (Lipinski definition) is 0. The fourth-order valence-corrected chi connectivity index (χ4v) is 4.58. The summed E-state index contributed by atoms with van der Waals surface area (Å²) in [5.41, 5.74) is 1.05. The van der Waals surface area contributed by atoms with Crippen LogP contribution in [0.5, 0.6) is 0 Å². The standard InChI is InChI=1S/C21H26N4O3/c26-21(8-5-16-3-1-2-4-16)24-13-11-23(12-14-24)19-6-7-20(25(27)28)18-15-22-10-9-17(18)19/h6-7,9-10,15-16H,1-5,8,11-14H2. The van der Waals surface area contributed by atoms with Crippen molar-refractivity contribution < 1.29 is 9.72 Å². The fourth-order valence-electron chi connectivity index (χ4n) is 4.58. The molecule has 1 saturated carbocycles. The number of non-ortho nitro benzene ring substituents is 1. The summed E-state index contributed by atoms with van der Waals surface area (Å²) < 4.78 is 0. The van der Waals surface area contributed by atoms with Crippen molar-refractivity contribution in [3.8, 4) is 0 Å². The molecule has 148 valence electrons. The molecule has 1 amide bonds. The lowest BCUT2D eigenvalue weighted by Gasteiger charge is -2.36. The van der Waals surface area contributed by atoms with Crippen molar-refractivity contribution in [1.82, 2.24) is 9.88 Å². The number of aromatic nitrogens is 1. The second-order valence-electron chi connectivity index (χ2n) is 7.84. The molecule has 2 aromatic rings. The van der Waals surface area contributed by atoms with Gasteiger partial charge in [-0.05, 0) is 24.5 Å². The van der Waals surface area contributed by atoms with E-state index in [1.54, 1.807) is 18.5 Å². The third kappa shape index (κ3) is 3.79. The number of piperazine rings is 1. The maximum absolute atomic E-state index is 12.6. The molecule has 0 spiro atoms. The van der Waals surface area contributed by atoms with Crippen LogP contribution in [0.15, 0.2) is 30.6 Å². The molecule has 4 rings (SSSR count). The van der Waals surface area contributed by atoms with Gasteiger partial charge in [0, 0.05) is 62.1 Å². The zero-order valence-electron chi connectivity index (χ0n) is 16.0. The molecule has 1 saturated heterocycles. The van der Waals surface area contributed by atoms with E-state index in [1.807, 2.05) is 17.0 Å². The minimum Gasteiger partial charge on any atom is -0.367 e. The number of rotatable bonds is 5. The molecule has 2 aliphatic rings. The first-order valence-corrected chi connectivity index (χ1v) is 10.2. The number of carbonyl (C=O) groups is 1. The van der Waals surface area contributed by atoms with Gasteiger partial charge in [-0.2, -0.15) is 0 Å². The summed E-state index contributed by atoms with van der Waals surface area (Å²) in [4.78, 5) is 31.7. The summed E-state index contributed by atoms with van der Waals surface area (Å²) in [7, 11) is 0. The Morgan fingerprint density at radius 2 is 1.86 bits per heavy atom. The van der Waals surface area contributed by atoms with Crippen molar-refractivity contribution in [2.75, 3.05) is 31.1 Å². The van der Waals surface area contributed by atoms with E-state index < -0.39 is 0 Å². The van der Waals surface area contributed by atoms with Crippen molar-refractivity contribution in [3.05, 3.63) is 40.7 Å². The van der Waals surface area contributed by atoms with E-state index in [0.717, 1.165) is 36.5 Å². The van der Waals surface area contributed by atoms with Crippen LogP contribution in [-0.4, -0.2) is 46.9 Å². The maximum Gasteiger partial charge on any atom is 0.278 e. The molecular formula is C21H26N4O3. The second-order valence-corrected chi connectivity index (χ2v) is 7.84. The number of fused-ring (bicyclic) bond motifs is 1. The second kappa shape index (κ2) is 8.12. The summed E-state index contributed by atoms with van der Waals surface area (Å²) in [5.74, 6) is 1.01. The Morgan fingerprint density at radius 1 is 1.11 bits per heavy atom. The van der Waals surface area contributed by atoms with Crippen LogP contribution in [0, 0.1) is 16.0 Å². The molecule has 2 heterocycles. The monoisotopic (exact) mass is 382 g/mol. The minimum atomic E-state index is -0.366. The average Bonchev–Trinajstić information content (AvgIpc) is 3.25. The number of hydrogen-bond acceptors (Lipinski definition) is 5. The average molecular weight is 382 g/mol. The zero-order valence-corrected chi connectivity index (χ0v) is 16.0. The van der Waals surface area contributed by atoms with E-state index in [0.29, 0.717) is 24.9 Å². The third-order valence-electron chi connectivity index (χ3n) is 6.18. The van der Waals surface area contributed by atoms with Gasteiger partial charge >= 0.3 is 0 Å². The van der Waals surface area contributed by atoms with Crippen molar-refractivity contribution in [2.24, 2.45) is 5.92 Å². The highest BCUT2D eigenvalue weighted by Gasteiger charge is 2.25. The van der Waals surface area contributed by atoms with E-state index in [2.05, 4.69) is 9.88 Å². The van der Waals surface area contributed by atoms with Crippen molar-refractivity contribution in [2.45, 2.75) is 38.5 Å². The van der Waals surface area contributed by atoms with Gasteiger partial charge in [0.25, 0.3) is 5.69 Å². The number of nitrogens with zero attached hydrogens (tertiary/aromatic N) is 4. The number of nitro benzene ring substituents is 1. The van der Waals surface area contributed by atoms with Crippen molar-refractivity contribution in [3.63, 3.8) is 0 Å². The van der Waals surface area contributed by atoms with Crippen LogP contribution in [0.2, 0.25) is 0 Å². The van der Waals surface area contributed by atoms with Crippen LogP contribution in [0.1, 0.15) is 38.5 Å². The summed E-state index contributed by atoms with van der Waals surface area (Å²) in [5, 5.41) is 12.7. The first-order valence-electron chi connectivity index (χ1n) is 10.2. The molecular weight excluding hydrogens is 356 g/mol. The summed E-state index contributed by atoms with van der Waals surface area (Å²) in [6, 6.07) is 5.20. The summed E-state index contributed by atoms with van der Waals surface area (Å²) in [6.07, 6.45) is 10.1. The van der Waals surface area contributed by atoms with E-state index in [9.17, 15) is 14.9 Å². The van der Waals surface area contributed by atoms with E-state index in [1.165, 1.54) is 25.7 Å². The molecule has 0 unspecified atom stereocenters. The lowest BCUT2D eigenvalue weighted by molar-refractivity contribution is -0.383. The Hall–Kier alpha value is -2.70.